The second-order valence-corrected chi connectivity index (χ2v) is 7.65. The number of ether oxygens (including phenoxy) is 2. The molecule has 1 fully saturated rings. The molecular weight excluding hydrogens is 356 g/mol. The van der Waals surface area contributed by atoms with Crippen molar-refractivity contribution in [1.82, 2.24) is 4.72 Å². The van der Waals surface area contributed by atoms with Gasteiger partial charge in [-0.15, -0.1) is 0 Å². The highest BCUT2D eigenvalue weighted by molar-refractivity contribution is 7.97. The maximum atomic E-state index is 5.70. The smallest absolute Gasteiger partial charge is 0.119 e. The molecule has 5 heteroatoms. The predicted octanol–water partition coefficient (Wildman–Crippen LogP) is 4.54. The number of nitrogens with zero attached hydrogens (tertiary/aromatic N) is 1. The summed E-state index contributed by atoms with van der Waals surface area (Å²) in [5.41, 5.74) is 2.66. The molecule has 4 nitrogen and oxygen atoms in total. The van der Waals surface area contributed by atoms with Crippen LogP contribution in [0.5, 0.6) is 5.75 Å². The van der Waals surface area contributed by atoms with Crippen LogP contribution >= 0.6 is 11.9 Å². The lowest BCUT2D eigenvalue weighted by Gasteiger charge is -2.28. The first-order valence-corrected chi connectivity index (χ1v) is 10.7. The molecular formula is C22H30N2O2S. The van der Waals surface area contributed by atoms with E-state index in [1.54, 1.807) is 11.9 Å². The minimum atomic E-state index is 0.797. The van der Waals surface area contributed by atoms with Gasteiger partial charge in [0.1, 0.15) is 5.75 Å². The Morgan fingerprint density at radius 1 is 1.04 bits per heavy atom. The van der Waals surface area contributed by atoms with Gasteiger partial charge < -0.3 is 14.4 Å². The number of anilines is 1. The molecule has 1 heterocycles. The highest BCUT2D eigenvalue weighted by Gasteiger charge is 2.10. The second-order valence-electron chi connectivity index (χ2n) is 6.69. The normalized spacial score (nSPS) is 14.3. The molecule has 2 aromatic carbocycles. The van der Waals surface area contributed by atoms with Crippen LogP contribution in [0, 0.1) is 0 Å². The molecule has 0 aliphatic carbocycles. The second kappa shape index (κ2) is 11.2. The van der Waals surface area contributed by atoms with E-state index in [4.69, 9.17) is 9.47 Å². The topological polar surface area (TPSA) is 33.7 Å². The average Bonchev–Trinajstić information content (AvgIpc) is 2.73. The lowest BCUT2D eigenvalue weighted by atomic mass is 10.1. The molecule has 0 spiro atoms. The fraction of sp³-hybridized carbons (Fsp3) is 0.455. The minimum Gasteiger partial charge on any atom is -0.494 e. The molecule has 0 atom stereocenters. The molecule has 0 amide bonds. The zero-order chi connectivity index (χ0) is 18.7. The molecule has 146 valence electrons. The zero-order valence-corrected chi connectivity index (χ0v) is 17.0. The van der Waals surface area contributed by atoms with E-state index >= 15 is 0 Å². The van der Waals surface area contributed by atoms with Crippen molar-refractivity contribution in [2.24, 2.45) is 0 Å². The van der Waals surface area contributed by atoms with Crippen molar-refractivity contribution >= 4 is 17.6 Å². The van der Waals surface area contributed by atoms with Crippen LogP contribution in [-0.2, 0) is 11.2 Å². The third kappa shape index (κ3) is 6.76. The molecule has 1 saturated heterocycles. The third-order valence-electron chi connectivity index (χ3n) is 4.61. The lowest BCUT2D eigenvalue weighted by molar-refractivity contribution is 0.122. The van der Waals surface area contributed by atoms with Crippen LogP contribution in [0.15, 0.2) is 53.4 Å². The van der Waals surface area contributed by atoms with Gasteiger partial charge >= 0.3 is 0 Å². The van der Waals surface area contributed by atoms with Crippen molar-refractivity contribution in [2.75, 3.05) is 44.4 Å². The van der Waals surface area contributed by atoms with E-state index in [1.807, 2.05) is 12.1 Å². The van der Waals surface area contributed by atoms with E-state index < -0.39 is 0 Å². The van der Waals surface area contributed by atoms with Crippen LogP contribution in [0.25, 0.3) is 0 Å². The van der Waals surface area contributed by atoms with Gasteiger partial charge in [0.2, 0.25) is 0 Å². The third-order valence-corrected chi connectivity index (χ3v) is 5.47. The maximum Gasteiger partial charge on any atom is 0.119 e. The quantitative estimate of drug-likeness (QED) is 0.479. The average molecular weight is 387 g/mol. The van der Waals surface area contributed by atoms with Crippen LogP contribution in [-0.4, -0.2) is 39.5 Å². The standard InChI is InChI=1S/C22H30N2O2S/c1-2-3-16-26-21-8-10-22(11-9-21)27-23-13-12-19-4-6-20(7-5-19)24-14-17-25-18-15-24/h4-11,23H,2-3,12-18H2,1H3. The SMILES string of the molecule is CCCCOc1ccc(SNCCc2ccc(N3CCOCC3)cc2)cc1. The first-order valence-electron chi connectivity index (χ1n) is 9.89. The van der Waals surface area contributed by atoms with Gasteiger partial charge in [0.05, 0.1) is 19.8 Å². The van der Waals surface area contributed by atoms with Gasteiger partial charge in [0.25, 0.3) is 0 Å². The molecule has 2 aromatic rings. The summed E-state index contributed by atoms with van der Waals surface area (Å²) in [4.78, 5) is 3.59. The largest absolute Gasteiger partial charge is 0.494 e. The first-order chi connectivity index (χ1) is 13.3. The highest BCUT2D eigenvalue weighted by Crippen LogP contribution is 2.20. The fourth-order valence-electron chi connectivity index (χ4n) is 2.96. The van der Waals surface area contributed by atoms with Crippen LogP contribution in [0.1, 0.15) is 25.3 Å². The van der Waals surface area contributed by atoms with Gasteiger partial charge in [-0.3, -0.25) is 4.72 Å². The Hall–Kier alpha value is -1.69. The summed E-state index contributed by atoms with van der Waals surface area (Å²) in [7, 11) is 0. The van der Waals surface area contributed by atoms with Crippen molar-refractivity contribution in [3.8, 4) is 5.75 Å². The first kappa shape index (κ1) is 20.1. The highest BCUT2D eigenvalue weighted by atomic mass is 32.2. The van der Waals surface area contributed by atoms with E-state index in [-0.39, 0.29) is 0 Å². The molecule has 0 bridgehead atoms. The molecule has 3 rings (SSSR count). The van der Waals surface area contributed by atoms with Crippen molar-refractivity contribution in [2.45, 2.75) is 31.1 Å². The van der Waals surface area contributed by atoms with Crippen molar-refractivity contribution in [3.05, 3.63) is 54.1 Å². The monoisotopic (exact) mass is 386 g/mol. The number of morpholine rings is 1. The summed E-state index contributed by atoms with van der Waals surface area (Å²) in [5.74, 6) is 0.952. The Balaban J connectivity index is 1.36. The van der Waals surface area contributed by atoms with E-state index in [0.29, 0.717) is 0 Å². The molecule has 0 saturated carbocycles. The van der Waals surface area contributed by atoms with Gasteiger partial charge in [-0.25, -0.2) is 0 Å². The number of hydrogen-bond acceptors (Lipinski definition) is 5. The molecule has 1 aliphatic heterocycles. The maximum absolute atomic E-state index is 5.70. The summed E-state index contributed by atoms with van der Waals surface area (Å²) in [5, 5.41) is 0. The lowest BCUT2D eigenvalue weighted by Crippen LogP contribution is -2.36. The molecule has 0 unspecified atom stereocenters. The van der Waals surface area contributed by atoms with Crippen LogP contribution in [0.4, 0.5) is 5.69 Å². The number of hydrogen-bond donors (Lipinski definition) is 1. The van der Waals surface area contributed by atoms with E-state index in [0.717, 1.165) is 64.5 Å². The zero-order valence-electron chi connectivity index (χ0n) is 16.2. The van der Waals surface area contributed by atoms with Crippen molar-refractivity contribution in [1.29, 1.82) is 0 Å². The van der Waals surface area contributed by atoms with Gasteiger partial charge in [-0.2, -0.15) is 0 Å². The minimum absolute atomic E-state index is 0.797. The summed E-state index contributed by atoms with van der Waals surface area (Å²) in [6, 6.07) is 17.2. The van der Waals surface area contributed by atoms with Gasteiger partial charge in [-0.05, 0) is 66.8 Å². The molecule has 1 N–H and O–H groups in total. The van der Waals surface area contributed by atoms with E-state index in [2.05, 4.69) is 52.9 Å². The number of unbranched alkanes of at least 4 members (excludes halogenated alkanes) is 1. The number of benzene rings is 2. The Bertz CT molecular complexity index is 655. The molecule has 1 aliphatic rings. The number of rotatable bonds is 10. The molecule has 0 aromatic heterocycles. The summed E-state index contributed by atoms with van der Waals surface area (Å²) in [6.45, 7) is 7.54. The Labute approximate surface area is 167 Å². The summed E-state index contributed by atoms with van der Waals surface area (Å²) in [6.07, 6.45) is 3.29. The van der Waals surface area contributed by atoms with Crippen LogP contribution < -0.4 is 14.4 Å². The Morgan fingerprint density at radius 2 is 1.78 bits per heavy atom. The van der Waals surface area contributed by atoms with Crippen LogP contribution in [0.2, 0.25) is 0 Å². The summed E-state index contributed by atoms with van der Waals surface area (Å²) >= 11 is 1.67. The predicted molar refractivity (Wildman–Crippen MR) is 114 cm³/mol. The van der Waals surface area contributed by atoms with Crippen LogP contribution in [0.3, 0.4) is 0 Å². The molecule has 0 radical (unpaired) electrons. The number of nitrogens with one attached hydrogen (secondary N) is 1. The van der Waals surface area contributed by atoms with Gasteiger partial charge in [-0.1, -0.05) is 25.5 Å². The van der Waals surface area contributed by atoms with Gasteiger partial charge in [0, 0.05) is 30.2 Å². The molecule has 27 heavy (non-hydrogen) atoms. The van der Waals surface area contributed by atoms with Gasteiger partial charge in [0.15, 0.2) is 0 Å². The van der Waals surface area contributed by atoms with Crippen molar-refractivity contribution < 1.29 is 9.47 Å². The van der Waals surface area contributed by atoms with Crippen molar-refractivity contribution in [3.63, 3.8) is 0 Å². The van der Waals surface area contributed by atoms with E-state index in [9.17, 15) is 0 Å². The Kier molecular flexibility index (Phi) is 8.33. The Morgan fingerprint density at radius 3 is 2.48 bits per heavy atom. The fourth-order valence-corrected chi connectivity index (χ4v) is 3.61. The van der Waals surface area contributed by atoms with E-state index in [1.165, 1.54) is 16.1 Å². The summed E-state index contributed by atoms with van der Waals surface area (Å²) < 4.78 is 14.6.